The number of hydrogen-bond acceptors (Lipinski definition) is 3. The molecule has 1 aliphatic rings. The lowest BCUT2D eigenvalue weighted by atomic mass is 10.1. The summed E-state index contributed by atoms with van der Waals surface area (Å²) in [6, 6.07) is 0. The lowest BCUT2D eigenvalue weighted by Gasteiger charge is -2.05. The molecule has 0 amide bonds. The second-order valence-electron chi connectivity index (χ2n) is 4.62. The first-order valence-electron chi connectivity index (χ1n) is 5.59. The molecule has 0 saturated heterocycles. The van der Waals surface area contributed by atoms with E-state index in [9.17, 15) is 4.79 Å². The van der Waals surface area contributed by atoms with Gasteiger partial charge >= 0.3 is 5.97 Å². The highest BCUT2D eigenvalue weighted by Gasteiger charge is 2.37. The minimum absolute atomic E-state index is 0.0726. The summed E-state index contributed by atoms with van der Waals surface area (Å²) in [6.45, 7) is 0.434. The van der Waals surface area contributed by atoms with Crippen molar-refractivity contribution < 1.29 is 9.90 Å². The average molecular weight is 223 g/mol. The van der Waals surface area contributed by atoms with Crippen LogP contribution in [0.15, 0.2) is 12.4 Å². The molecule has 0 atom stereocenters. The Labute approximate surface area is 94.2 Å². The van der Waals surface area contributed by atoms with Crippen LogP contribution < -0.4 is 5.73 Å². The Morgan fingerprint density at radius 1 is 1.62 bits per heavy atom. The van der Waals surface area contributed by atoms with Crippen molar-refractivity contribution in [3.63, 3.8) is 0 Å². The summed E-state index contributed by atoms with van der Waals surface area (Å²) >= 11 is 0. The van der Waals surface area contributed by atoms with Gasteiger partial charge in [0.05, 0.1) is 19.2 Å². The summed E-state index contributed by atoms with van der Waals surface area (Å²) in [4.78, 5) is 10.4. The fourth-order valence-electron chi connectivity index (χ4n) is 1.67. The van der Waals surface area contributed by atoms with Crippen molar-refractivity contribution in [2.24, 2.45) is 5.73 Å². The molecular weight excluding hydrogens is 206 g/mol. The smallest absolute Gasteiger partial charge is 0.305 e. The van der Waals surface area contributed by atoms with Crippen molar-refractivity contribution in [3.05, 3.63) is 18.0 Å². The molecule has 1 saturated carbocycles. The quantitative estimate of drug-likeness (QED) is 0.746. The third kappa shape index (κ3) is 3.06. The normalized spacial score (nSPS) is 17.3. The monoisotopic (exact) mass is 223 g/mol. The van der Waals surface area contributed by atoms with Crippen LogP contribution in [0.1, 0.15) is 31.2 Å². The molecule has 1 aromatic rings. The molecule has 1 aliphatic carbocycles. The second kappa shape index (κ2) is 4.25. The van der Waals surface area contributed by atoms with Crippen LogP contribution >= 0.6 is 0 Å². The Morgan fingerprint density at radius 3 is 3.00 bits per heavy atom. The van der Waals surface area contributed by atoms with Crippen LogP contribution in [-0.2, 0) is 17.8 Å². The highest BCUT2D eigenvalue weighted by molar-refractivity contribution is 5.66. The molecule has 88 valence electrons. The summed E-state index contributed by atoms with van der Waals surface area (Å²) in [5.41, 5.74) is 7.21. The van der Waals surface area contributed by atoms with Gasteiger partial charge in [-0.1, -0.05) is 0 Å². The predicted octanol–water partition coefficient (Wildman–Crippen LogP) is 0.782. The molecule has 3 N–H and O–H groups in total. The Balaban J connectivity index is 1.79. The lowest BCUT2D eigenvalue weighted by Crippen LogP contribution is -2.21. The molecule has 0 unspecified atom stereocenters. The maximum Gasteiger partial charge on any atom is 0.305 e. The first-order valence-corrected chi connectivity index (χ1v) is 5.59. The average Bonchev–Trinajstić information content (AvgIpc) is 2.80. The van der Waals surface area contributed by atoms with Gasteiger partial charge < -0.3 is 10.8 Å². The maximum atomic E-state index is 10.4. The SMILES string of the molecule is NC1(CCc2cnn(CCC(=O)O)c2)CC1. The Hall–Kier alpha value is -1.36. The zero-order valence-corrected chi connectivity index (χ0v) is 9.22. The highest BCUT2D eigenvalue weighted by atomic mass is 16.4. The Morgan fingerprint density at radius 2 is 2.38 bits per heavy atom. The first-order chi connectivity index (χ1) is 7.57. The number of carboxylic acid groups (broad SMARTS) is 1. The molecule has 5 heteroatoms. The van der Waals surface area contributed by atoms with Crippen molar-refractivity contribution in [1.82, 2.24) is 9.78 Å². The lowest BCUT2D eigenvalue weighted by molar-refractivity contribution is -0.137. The molecule has 16 heavy (non-hydrogen) atoms. The van der Waals surface area contributed by atoms with Crippen LogP contribution in [0.3, 0.4) is 0 Å². The van der Waals surface area contributed by atoms with Gasteiger partial charge in [0.1, 0.15) is 0 Å². The third-order valence-corrected chi connectivity index (χ3v) is 3.05. The number of carbonyl (C=O) groups is 1. The van der Waals surface area contributed by atoms with Crippen molar-refractivity contribution in [3.8, 4) is 0 Å². The van der Waals surface area contributed by atoms with Gasteiger partial charge in [-0.2, -0.15) is 5.10 Å². The van der Waals surface area contributed by atoms with E-state index >= 15 is 0 Å². The van der Waals surface area contributed by atoms with E-state index < -0.39 is 5.97 Å². The third-order valence-electron chi connectivity index (χ3n) is 3.05. The van der Waals surface area contributed by atoms with Crippen molar-refractivity contribution >= 4 is 5.97 Å². The van der Waals surface area contributed by atoms with E-state index in [0.29, 0.717) is 6.54 Å². The minimum Gasteiger partial charge on any atom is -0.481 e. The summed E-state index contributed by atoms with van der Waals surface area (Å²) in [5, 5.41) is 12.7. The molecule has 2 rings (SSSR count). The number of aryl methyl sites for hydroxylation is 2. The zero-order chi connectivity index (χ0) is 11.6. The number of carboxylic acids is 1. The number of aromatic nitrogens is 2. The van der Waals surface area contributed by atoms with E-state index in [-0.39, 0.29) is 12.0 Å². The van der Waals surface area contributed by atoms with Crippen LogP contribution in [-0.4, -0.2) is 26.4 Å². The van der Waals surface area contributed by atoms with Crippen LogP contribution in [0.5, 0.6) is 0 Å². The predicted molar refractivity (Wildman–Crippen MR) is 59.0 cm³/mol. The number of nitrogens with zero attached hydrogens (tertiary/aromatic N) is 2. The Bertz CT molecular complexity index is 382. The number of aliphatic carboxylic acids is 1. The molecular formula is C11H17N3O2. The van der Waals surface area contributed by atoms with Crippen LogP contribution in [0.4, 0.5) is 0 Å². The van der Waals surface area contributed by atoms with Gasteiger partial charge in [0.15, 0.2) is 0 Å². The van der Waals surface area contributed by atoms with E-state index in [0.717, 1.165) is 31.2 Å². The molecule has 5 nitrogen and oxygen atoms in total. The number of nitrogens with two attached hydrogens (primary N) is 1. The second-order valence-corrected chi connectivity index (χ2v) is 4.62. The first kappa shape index (κ1) is 11.1. The Kier molecular flexibility index (Phi) is 2.96. The molecule has 0 aromatic carbocycles. The molecule has 0 spiro atoms. The van der Waals surface area contributed by atoms with E-state index in [1.807, 2.05) is 6.20 Å². The van der Waals surface area contributed by atoms with Crippen LogP contribution in [0.25, 0.3) is 0 Å². The van der Waals surface area contributed by atoms with Gasteiger partial charge in [-0.25, -0.2) is 0 Å². The van der Waals surface area contributed by atoms with Crippen molar-refractivity contribution in [1.29, 1.82) is 0 Å². The molecule has 0 bridgehead atoms. The van der Waals surface area contributed by atoms with Crippen LogP contribution in [0.2, 0.25) is 0 Å². The van der Waals surface area contributed by atoms with E-state index in [1.54, 1.807) is 10.9 Å². The highest BCUT2D eigenvalue weighted by Crippen LogP contribution is 2.36. The zero-order valence-electron chi connectivity index (χ0n) is 9.22. The van der Waals surface area contributed by atoms with E-state index in [2.05, 4.69) is 5.10 Å². The summed E-state index contributed by atoms with van der Waals surface area (Å²) in [5.74, 6) is -0.795. The van der Waals surface area contributed by atoms with Gasteiger partial charge in [-0.15, -0.1) is 0 Å². The fraction of sp³-hybridized carbons (Fsp3) is 0.636. The molecule has 0 radical (unpaired) electrons. The van der Waals surface area contributed by atoms with E-state index in [4.69, 9.17) is 10.8 Å². The van der Waals surface area contributed by atoms with Gasteiger partial charge in [0, 0.05) is 11.7 Å². The van der Waals surface area contributed by atoms with Crippen molar-refractivity contribution in [2.45, 2.75) is 44.2 Å². The molecule has 1 aromatic heterocycles. The van der Waals surface area contributed by atoms with Gasteiger partial charge in [0.2, 0.25) is 0 Å². The molecule has 0 aliphatic heterocycles. The summed E-state index contributed by atoms with van der Waals surface area (Å²) < 4.78 is 1.68. The van der Waals surface area contributed by atoms with Gasteiger partial charge in [0.25, 0.3) is 0 Å². The van der Waals surface area contributed by atoms with Crippen molar-refractivity contribution in [2.75, 3.05) is 0 Å². The summed E-state index contributed by atoms with van der Waals surface area (Å²) in [6.07, 6.45) is 8.01. The fourth-order valence-corrected chi connectivity index (χ4v) is 1.67. The largest absolute Gasteiger partial charge is 0.481 e. The van der Waals surface area contributed by atoms with Gasteiger partial charge in [-0.3, -0.25) is 9.48 Å². The number of rotatable bonds is 6. The minimum atomic E-state index is -0.795. The maximum absolute atomic E-state index is 10.4. The number of hydrogen-bond donors (Lipinski definition) is 2. The standard InChI is InChI=1S/C11H17N3O2/c12-11(4-5-11)3-1-9-7-13-14(8-9)6-2-10(15)16/h7-8H,1-6,12H2,(H,15,16). The van der Waals surface area contributed by atoms with E-state index in [1.165, 1.54) is 0 Å². The summed E-state index contributed by atoms with van der Waals surface area (Å²) in [7, 11) is 0. The van der Waals surface area contributed by atoms with Gasteiger partial charge in [-0.05, 0) is 31.2 Å². The topological polar surface area (TPSA) is 81.1 Å². The molecule has 1 heterocycles. The molecule has 1 fully saturated rings. The van der Waals surface area contributed by atoms with Crippen LogP contribution in [0, 0.1) is 0 Å².